The first-order valence-electron chi connectivity index (χ1n) is 8.45. The lowest BCUT2D eigenvalue weighted by atomic mass is 10.1. The predicted molar refractivity (Wildman–Crippen MR) is 107 cm³/mol. The number of para-hydroxylation sites is 1. The second kappa shape index (κ2) is 8.73. The fourth-order valence-corrected chi connectivity index (χ4v) is 2.95. The first-order chi connectivity index (χ1) is 13.5. The van der Waals surface area contributed by atoms with Gasteiger partial charge in [0.05, 0.1) is 19.3 Å². The van der Waals surface area contributed by atoms with E-state index >= 15 is 0 Å². The number of methoxy groups -OCH3 is 1. The Hall–Kier alpha value is -3.09. The summed E-state index contributed by atoms with van der Waals surface area (Å²) in [6.45, 7) is -0.466. The SMILES string of the molecule is COC(=O)c1cc(OCC(=O)Nc2ccccc2CO)c2ccc(Cl)cc2c1. The lowest BCUT2D eigenvalue weighted by Gasteiger charge is -2.13. The van der Waals surface area contributed by atoms with E-state index in [1.54, 1.807) is 48.5 Å². The molecule has 0 radical (unpaired) electrons. The fraction of sp³-hybridized carbons (Fsp3) is 0.143. The molecule has 0 bridgehead atoms. The van der Waals surface area contributed by atoms with Crippen LogP contribution in [-0.2, 0) is 16.1 Å². The Kier molecular flexibility index (Phi) is 6.13. The van der Waals surface area contributed by atoms with E-state index in [1.807, 2.05) is 0 Å². The van der Waals surface area contributed by atoms with Crippen LogP contribution in [0.5, 0.6) is 5.75 Å². The van der Waals surface area contributed by atoms with Crippen molar-refractivity contribution in [2.45, 2.75) is 6.61 Å². The summed E-state index contributed by atoms with van der Waals surface area (Å²) in [5.74, 6) is -0.556. The molecule has 0 saturated heterocycles. The van der Waals surface area contributed by atoms with Gasteiger partial charge in [-0.05, 0) is 41.8 Å². The van der Waals surface area contributed by atoms with Gasteiger partial charge in [0.15, 0.2) is 6.61 Å². The Balaban J connectivity index is 1.83. The Morgan fingerprint density at radius 2 is 1.89 bits per heavy atom. The Morgan fingerprint density at radius 1 is 1.11 bits per heavy atom. The van der Waals surface area contributed by atoms with E-state index < -0.39 is 11.9 Å². The van der Waals surface area contributed by atoms with Gasteiger partial charge in [0.2, 0.25) is 0 Å². The summed E-state index contributed by atoms with van der Waals surface area (Å²) in [7, 11) is 1.29. The molecule has 3 rings (SSSR count). The van der Waals surface area contributed by atoms with Crippen molar-refractivity contribution in [2.24, 2.45) is 0 Å². The van der Waals surface area contributed by atoms with Gasteiger partial charge in [0.1, 0.15) is 5.75 Å². The average Bonchev–Trinajstić information content (AvgIpc) is 2.71. The van der Waals surface area contributed by atoms with Crippen LogP contribution in [0.4, 0.5) is 5.69 Å². The third kappa shape index (κ3) is 4.42. The van der Waals surface area contributed by atoms with Gasteiger partial charge in [-0.25, -0.2) is 4.79 Å². The zero-order chi connectivity index (χ0) is 20.1. The summed E-state index contributed by atoms with van der Waals surface area (Å²) < 4.78 is 10.4. The number of hydrogen-bond donors (Lipinski definition) is 2. The monoisotopic (exact) mass is 399 g/mol. The summed E-state index contributed by atoms with van der Waals surface area (Å²) >= 11 is 6.04. The van der Waals surface area contributed by atoms with Gasteiger partial charge in [-0.2, -0.15) is 0 Å². The van der Waals surface area contributed by atoms with Gasteiger partial charge < -0.3 is 19.9 Å². The molecular formula is C21H18ClNO5. The van der Waals surface area contributed by atoms with E-state index in [0.29, 0.717) is 38.4 Å². The number of halogens is 1. The number of fused-ring (bicyclic) bond motifs is 1. The highest BCUT2D eigenvalue weighted by atomic mass is 35.5. The molecule has 0 aliphatic heterocycles. The zero-order valence-electron chi connectivity index (χ0n) is 15.1. The summed E-state index contributed by atoms with van der Waals surface area (Å²) in [6, 6.07) is 15.3. The molecule has 0 unspecified atom stereocenters. The van der Waals surface area contributed by atoms with Crippen molar-refractivity contribution in [3.8, 4) is 5.75 Å². The van der Waals surface area contributed by atoms with Crippen LogP contribution in [0.2, 0.25) is 5.02 Å². The number of rotatable bonds is 6. The smallest absolute Gasteiger partial charge is 0.338 e. The normalized spacial score (nSPS) is 10.5. The van der Waals surface area contributed by atoms with Crippen molar-refractivity contribution < 1.29 is 24.2 Å². The number of benzene rings is 3. The average molecular weight is 400 g/mol. The van der Waals surface area contributed by atoms with Gasteiger partial charge in [0, 0.05) is 21.7 Å². The van der Waals surface area contributed by atoms with Crippen molar-refractivity contribution >= 4 is 39.9 Å². The standard InChI is InChI=1S/C21H18ClNO5/c1-27-21(26)15-8-14-9-16(22)6-7-17(14)19(10-15)28-12-20(25)23-18-5-3-2-4-13(18)11-24/h2-10,24H,11-12H2,1H3,(H,23,25). The van der Waals surface area contributed by atoms with Gasteiger partial charge in [-0.15, -0.1) is 0 Å². The van der Waals surface area contributed by atoms with E-state index in [0.717, 1.165) is 0 Å². The topological polar surface area (TPSA) is 84.9 Å². The maximum Gasteiger partial charge on any atom is 0.338 e. The molecule has 0 spiro atoms. The van der Waals surface area contributed by atoms with Gasteiger partial charge in [-0.1, -0.05) is 29.8 Å². The van der Waals surface area contributed by atoms with Gasteiger partial charge in [0.25, 0.3) is 5.91 Å². The van der Waals surface area contributed by atoms with Crippen LogP contribution in [-0.4, -0.2) is 30.7 Å². The maximum atomic E-state index is 12.3. The molecule has 28 heavy (non-hydrogen) atoms. The minimum absolute atomic E-state index is 0.191. The highest BCUT2D eigenvalue weighted by Gasteiger charge is 2.14. The lowest BCUT2D eigenvalue weighted by Crippen LogP contribution is -2.21. The minimum Gasteiger partial charge on any atom is -0.483 e. The molecule has 0 saturated carbocycles. The fourth-order valence-electron chi connectivity index (χ4n) is 2.77. The van der Waals surface area contributed by atoms with Crippen LogP contribution in [0.3, 0.4) is 0 Å². The number of aliphatic hydroxyl groups is 1. The number of hydrogen-bond acceptors (Lipinski definition) is 5. The predicted octanol–water partition coefficient (Wildman–Crippen LogP) is 3.79. The van der Waals surface area contributed by atoms with E-state index in [9.17, 15) is 14.7 Å². The molecule has 0 aliphatic rings. The number of aliphatic hydroxyl groups excluding tert-OH is 1. The molecule has 3 aromatic carbocycles. The van der Waals surface area contributed by atoms with Crippen molar-refractivity contribution in [1.82, 2.24) is 0 Å². The number of carbonyl (C=O) groups excluding carboxylic acids is 2. The number of anilines is 1. The summed E-state index contributed by atoms with van der Waals surface area (Å²) in [5.41, 5.74) is 1.40. The number of esters is 1. The van der Waals surface area contributed by atoms with E-state index in [2.05, 4.69) is 5.32 Å². The molecule has 3 aromatic rings. The van der Waals surface area contributed by atoms with Crippen LogP contribution in [0.25, 0.3) is 10.8 Å². The largest absolute Gasteiger partial charge is 0.483 e. The summed E-state index contributed by atoms with van der Waals surface area (Å²) in [5, 5.41) is 14.0. The van der Waals surface area contributed by atoms with E-state index in [1.165, 1.54) is 13.2 Å². The molecule has 0 heterocycles. The van der Waals surface area contributed by atoms with Crippen LogP contribution < -0.4 is 10.1 Å². The van der Waals surface area contributed by atoms with Crippen LogP contribution in [0.15, 0.2) is 54.6 Å². The molecule has 0 aromatic heterocycles. The Morgan fingerprint density at radius 3 is 2.64 bits per heavy atom. The quantitative estimate of drug-likeness (QED) is 0.616. The second-order valence-corrected chi connectivity index (χ2v) is 6.42. The lowest BCUT2D eigenvalue weighted by molar-refractivity contribution is -0.118. The van der Waals surface area contributed by atoms with Crippen LogP contribution in [0.1, 0.15) is 15.9 Å². The third-order valence-corrected chi connectivity index (χ3v) is 4.35. The first-order valence-corrected chi connectivity index (χ1v) is 8.82. The van der Waals surface area contributed by atoms with Crippen LogP contribution in [0, 0.1) is 0 Å². The van der Waals surface area contributed by atoms with Crippen molar-refractivity contribution in [3.05, 3.63) is 70.7 Å². The molecule has 0 atom stereocenters. The molecular weight excluding hydrogens is 382 g/mol. The summed E-state index contributed by atoms with van der Waals surface area (Å²) in [4.78, 5) is 24.2. The Bertz CT molecular complexity index is 1030. The number of ether oxygens (including phenoxy) is 2. The maximum absolute atomic E-state index is 12.3. The van der Waals surface area contributed by atoms with Crippen molar-refractivity contribution in [1.29, 1.82) is 0 Å². The van der Waals surface area contributed by atoms with Crippen molar-refractivity contribution in [3.63, 3.8) is 0 Å². The molecule has 6 nitrogen and oxygen atoms in total. The molecule has 0 aliphatic carbocycles. The number of nitrogens with one attached hydrogen (secondary N) is 1. The number of amides is 1. The highest BCUT2D eigenvalue weighted by Crippen LogP contribution is 2.30. The van der Waals surface area contributed by atoms with Crippen LogP contribution >= 0.6 is 11.6 Å². The molecule has 2 N–H and O–H groups in total. The number of carbonyl (C=O) groups is 2. The summed E-state index contributed by atoms with van der Waals surface area (Å²) in [6.07, 6.45) is 0. The van der Waals surface area contributed by atoms with Gasteiger partial charge in [-0.3, -0.25) is 4.79 Å². The van der Waals surface area contributed by atoms with Gasteiger partial charge >= 0.3 is 5.97 Å². The van der Waals surface area contributed by atoms with E-state index in [-0.39, 0.29) is 13.2 Å². The molecule has 144 valence electrons. The third-order valence-electron chi connectivity index (χ3n) is 4.12. The molecule has 0 fully saturated rings. The Labute approximate surface area is 166 Å². The molecule has 1 amide bonds. The highest BCUT2D eigenvalue weighted by molar-refractivity contribution is 6.31. The minimum atomic E-state index is -0.520. The van der Waals surface area contributed by atoms with E-state index in [4.69, 9.17) is 21.1 Å². The second-order valence-electron chi connectivity index (χ2n) is 5.98. The first kappa shape index (κ1) is 19.7. The molecule has 7 heteroatoms. The zero-order valence-corrected chi connectivity index (χ0v) is 15.8. The van der Waals surface area contributed by atoms with Crippen molar-refractivity contribution in [2.75, 3.05) is 19.0 Å².